The monoisotopic (exact) mass is 315 g/mol. The molecule has 2 rings (SSSR count). The SMILES string of the molecule is Cl.O=C(/C=C/Cl)C[C@@H]1C[C@@H](OCc2ccccc2)CN1. The first-order chi connectivity index (χ1) is 9.28. The lowest BCUT2D eigenvalue weighted by atomic mass is 10.1. The smallest absolute Gasteiger partial charge is 0.158 e. The topological polar surface area (TPSA) is 38.3 Å². The predicted molar refractivity (Wildman–Crippen MR) is 83.3 cm³/mol. The number of carbonyl (C=O) groups is 1. The van der Waals surface area contributed by atoms with Crippen molar-refractivity contribution in [2.24, 2.45) is 0 Å². The fraction of sp³-hybridized carbons (Fsp3) is 0.400. The van der Waals surface area contributed by atoms with Gasteiger partial charge < -0.3 is 10.1 Å². The number of ether oxygens (including phenoxy) is 1. The summed E-state index contributed by atoms with van der Waals surface area (Å²) in [7, 11) is 0. The highest BCUT2D eigenvalue weighted by Gasteiger charge is 2.25. The molecule has 5 heteroatoms. The Bertz CT molecular complexity index is 437. The van der Waals surface area contributed by atoms with Crippen molar-refractivity contribution in [2.75, 3.05) is 6.54 Å². The van der Waals surface area contributed by atoms with E-state index >= 15 is 0 Å². The van der Waals surface area contributed by atoms with E-state index in [0.717, 1.165) is 13.0 Å². The number of hydrogen-bond acceptors (Lipinski definition) is 3. The Morgan fingerprint density at radius 3 is 2.85 bits per heavy atom. The minimum absolute atomic E-state index is 0. The van der Waals surface area contributed by atoms with Crippen LogP contribution in [0.1, 0.15) is 18.4 Å². The van der Waals surface area contributed by atoms with E-state index in [1.165, 1.54) is 17.2 Å². The number of rotatable bonds is 6. The number of allylic oxidation sites excluding steroid dienone is 1. The molecule has 1 fully saturated rings. The van der Waals surface area contributed by atoms with E-state index in [1.807, 2.05) is 18.2 Å². The maximum absolute atomic E-state index is 11.4. The quantitative estimate of drug-likeness (QED) is 0.820. The number of benzene rings is 1. The highest BCUT2D eigenvalue weighted by Crippen LogP contribution is 2.15. The number of hydrogen-bond donors (Lipinski definition) is 1. The third kappa shape index (κ3) is 5.63. The maximum atomic E-state index is 11.4. The van der Waals surface area contributed by atoms with Gasteiger partial charge in [0.1, 0.15) is 0 Å². The second kappa shape index (κ2) is 9.14. The highest BCUT2D eigenvalue weighted by molar-refractivity contribution is 6.26. The molecule has 1 aromatic rings. The fourth-order valence-electron chi connectivity index (χ4n) is 2.23. The Morgan fingerprint density at radius 1 is 1.40 bits per heavy atom. The molecule has 0 spiro atoms. The van der Waals surface area contributed by atoms with Crippen molar-refractivity contribution in [3.8, 4) is 0 Å². The van der Waals surface area contributed by atoms with Gasteiger partial charge >= 0.3 is 0 Å². The summed E-state index contributed by atoms with van der Waals surface area (Å²) < 4.78 is 5.84. The Hall–Kier alpha value is -0.870. The van der Waals surface area contributed by atoms with Gasteiger partial charge in [-0.3, -0.25) is 4.79 Å². The fourth-order valence-corrected chi connectivity index (χ4v) is 2.37. The number of ketones is 1. The van der Waals surface area contributed by atoms with Gasteiger partial charge in [0.25, 0.3) is 0 Å². The molecule has 1 aromatic carbocycles. The van der Waals surface area contributed by atoms with Crippen LogP contribution in [0.15, 0.2) is 41.9 Å². The molecule has 2 atom stereocenters. The minimum atomic E-state index is 0. The lowest BCUT2D eigenvalue weighted by molar-refractivity contribution is -0.115. The van der Waals surface area contributed by atoms with Gasteiger partial charge in [0.2, 0.25) is 0 Å². The van der Waals surface area contributed by atoms with Crippen molar-refractivity contribution >= 4 is 29.8 Å². The summed E-state index contributed by atoms with van der Waals surface area (Å²) in [5.41, 5.74) is 2.44. The van der Waals surface area contributed by atoms with Crippen molar-refractivity contribution in [2.45, 2.75) is 31.6 Å². The summed E-state index contributed by atoms with van der Waals surface area (Å²) in [6, 6.07) is 10.3. The third-order valence-electron chi connectivity index (χ3n) is 3.21. The Kier molecular flexibility index (Phi) is 7.85. The van der Waals surface area contributed by atoms with Crippen LogP contribution < -0.4 is 5.32 Å². The van der Waals surface area contributed by atoms with Crippen LogP contribution >= 0.6 is 24.0 Å². The van der Waals surface area contributed by atoms with Crippen LogP contribution in [0.4, 0.5) is 0 Å². The standard InChI is InChI=1S/C15H18ClNO2.ClH/c16-7-6-14(18)8-13-9-15(10-17-13)19-11-12-4-2-1-3-5-12;/h1-7,13,15,17H,8-11H2;1H/b7-6+;/t13-,15-;/m1./s1. The van der Waals surface area contributed by atoms with Gasteiger partial charge in [-0.1, -0.05) is 41.9 Å². The Labute approximate surface area is 130 Å². The molecule has 0 aliphatic carbocycles. The normalized spacial score (nSPS) is 21.9. The van der Waals surface area contributed by atoms with E-state index in [0.29, 0.717) is 13.0 Å². The van der Waals surface area contributed by atoms with Gasteiger partial charge in [-0.15, -0.1) is 12.4 Å². The molecule has 1 N–H and O–H groups in total. The molecule has 110 valence electrons. The molecule has 3 nitrogen and oxygen atoms in total. The van der Waals surface area contributed by atoms with Crippen LogP contribution in [0.3, 0.4) is 0 Å². The summed E-state index contributed by atoms with van der Waals surface area (Å²) in [4.78, 5) is 11.4. The summed E-state index contributed by atoms with van der Waals surface area (Å²) in [6.45, 7) is 1.42. The Morgan fingerprint density at radius 2 is 2.15 bits per heavy atom. The van der Waals surface area contributed by atoms with Crippen LogP contribution in [-0.4, -0.2) is 24.5 Å². The van der Waals surface area contributed by atoms with Gasteiger partial charge in [0, 0.05) is 24.5 Å². The first kappa shape index (κ1) is 17.2. The van der Waals surface area contributed by atoms with Crippen LogP contribution in [0.5, 0.6) is 0 Å². The number of nitrogens with one attached hydrogen (secondary N) is 1. The summed E-state index contributed by atoms with van der Waals surface area (Å²) in [6.07, 6.45) is 2.93. The molecule has 20 heavy (non-hydrogen) atoms. The molecule has 0 amide bonds. The maximum Gasteiger partial charge on any atom is 0.158 e. The van der Waals surface area contributed by atoms with Gasteiger partial charge in [-0.2, -0.15) is 0 Å². The van der Waals surface area contributed by atoms with E-state index in [2.05, 4.69) is 17.4 Å². The molecular formula is C15H19Cl2NO2. The molecule has 0 saturated carbocycles. The Balaban J connectivity index is 0.00000200. The van der Waals surface area contributed by atoms with Crippen LogP contribution in [0.2, 0.25) is 0 Å². The molecule has 1 aliphatic rings. The molecule has 1 saturated heterocycles. The average molecular weight is 316 g/mol. The van der Waals surface area contributed by atoms with Gasteiger partial charge in [-0.05, 0) is 18.1 Å². The second-order valence-corrected chi connectivity index (χ2v) is 4.97. The molecular weight excluding hydrogens is 297 g/mol. The minimum Gasteiger partial charge on any atom is -0.372 e. The highest BCUT2D eigenvalue weighted by atomic mass is 35.5. The summed E-state index contributed by atoms with van der Waals surface area (Å²) in [5.74, 6) is 0.0520. The van der Waals surface area contributed by atoms with Crippen molar-refractivity contribution in [1.29, 1.82) is 0 Å². The van der Waals surface area contributed by atoms with Crippen molar-refractivity contribution in [1.82, 2.24) is 5.32 Å². The predicted octanol–water partition coefficient (Wildman–Crippen LogP) is 3.07. The van der Waals surface area contributed by atoms with E-state index in [9.17, 15) is 4.79 Å². The van der Waals surface area contributed by atoms with Crippen molar-refractivity contribution in [3.05, 3.63) is 47.5 Å². The van der Waals surface area contributed by atoms with Gasteiger partial charge in [0.05, 0.1) is 12.7 Å². The number of halogens is 2. The third-order valence-corrected chi connectivity index (χ3v) is 3.33. The van der Waals surface area contributed by atoms with E-state index in [1.54, 1.807) is 0 Å². The van der Waals surface area contributed by atoms with E-state index < -0.39 is 0 Å². The molecule has 0 unspecified atom stereocenters. The molecule has 0 bridgehead atoms. The zero-order valence-electron chi connectivity index (χ0n) is 11.1. The average Bonchev–Trinajstić information content (AvgIpc) is 2.85. The van der Waals surface area contributed by atoms with E-state index in [-0.39, 0.29) is 30.3 Å². The molecule has 1 heterocycles. The zero-order valence-corrected chi connectivity index (χ0v) is 12.7. The van der Waals surface area contributed by atoms with Gasteiger partial charge in [-0.25, -0.2) is 0 Å². The molecule has 0 radical (unpaired) electrons. The van der Waals surface area contributed by atoms with E-state index in [4.69, 9.17) is 16.3 Å². The summed E-state index contributed by atoms with van der Waals surface area (Å²) in [5, 5.41) is 3.31. The van der Waals surface area contributed by atoms with Crippen molar-refractivity contribution < 1.29 is 9.53 Å². The van der Waals surface area contributed by atoms with Crippen LogP contribution in [-0.2, 0) is 16.1 Å². The number of carbonyl (C=O) groups excluding carboxylic acids is 1. The first-order valence-electron chi connectivity index (χ1n) is 6.46. The zero-order chi connectivity index (χ0) is 13.5. The second-order valence-electron chi connectivity index (χ2n) is 4.72. The lowest BCUT2D eigenvalue weighted by Crippen LogP contribution is -2.24. The van der Waals surface area contributed by atoms with Crippen LogP contribution in [0, 0.1) is 0 Å². The summed E-state index contributed by atoms with van der Waals surface area (Å²) >= 11 is 5.38. The lowest BCUT2D eigenvalue weighted by Gasteiger charge is -2.11. The molecule has 0 aromatic heterocycles. The molecule has 1 aliphatic heterocycles. The van der Waals surface area contributed by atoms with Crippen molar-refractivity contribution in [3.63, 3.8) is 0 Å². The largest absolute Gasteiger partial charge is 0.372 e. The van der Waals surface area contributed by atoms with Gasteiger partial charge in [0.15, 0.2) is 5.78 Å². The van der Waals surface area contributed by atoms with Crippen LogP contribution in [0.25, 0.3) is 0 Å². The first-order valence-corrected chi connectivity index (χ1v) is 6.90.